The number of thioether (sulfide) groups is 1. The molecule has 0 fully saturated rings. The number of hydrogen-bond donors (Lipinski definition) is 2. The minimum absolute atomic E-state index is 0.0109. The molecule has 0 aliphatic carbocycles. The van der Waals surface area contributed by atoms with Crippen molar-refractivity contribution in [2.24, 2.45) is 0 Å². The van der Waals surface area contributed by atoms with Gasteiger partial charge < -0.3 is 4.42 Å². The van der Waals surface area contributed by atoms with E-state index in [4.69, 9.17) is 4.42 Å². The Kier molecular flexibility index (Phi) is 4.23. The number of nitrogens with zero attached hydrogens (tertiary/aromatic N) is 4. The predicted octanol–water partition coefficient (Wildman–Crippen LogP) is 1.64. The molecule has 2 N–H and O–H groups in total. The van der Waals surface area contributed by atoms with E-state index in [0.717, 1.165) is 32.8 Å². The molecule has 0 saturated carbocycles. The van der Waals surface area contributed by atoms with Gasteiger partial charge in [0.1, 0.15) is 6.33 Å². The van der Waals surface area contributed by atoms with Gasteiger partial charge in [0.15, 0.2) is 0 Å². The molecule has 26 heavy (non-hydrogen) atoms. The molecule has 2 aromatic carbocycles. The topological polar surface area (TPSA) is 119 Å². The van der Waals surface area contributed by atoms with Gasteiger partial charge in [0, 0.05) is 5.56 Å². The van der Waals surface area contributed by atoms with Crippen LogP contribution in [0.2, 0.25) is 0 Å². The number of H-pyrrole nitrogens is 1. The van der Waals surface area contributed by atoms with Crippen molar-refractivity contribution in [1.82, 2.24) is 25.1 Å². The van der Waals surface area contributed by atoms with E-state index in [1.165, 1.54) is 6.33 Å². The average Bonchev–Trinajstić information content (AvgIpc) is 3.29. The molecule has 0 spiro atoms. The molecule has 2 heterocycles. The Morgan fingerprint density at radius 3 is 2.85 bits per heavy atom. The van der Waals surface area contributed by atoms with Crippen molar-refractivity contribution in [3.63, 3.8) is 0 Å². The zero-order valence-electron chi connectivity index (χ0n) is 13.2. The van der Waals surface area contributed by atoms with Crippen LogP contribution in [-0.4, -0.2) is 36.7 Å². The van der Waals surface area contributed by atoms with E-state index in [1.54, 1.807) is 0 Å². The van der Waals surface area contributed by atoms with Crippen molar-refractivity contribution >= 4 is 28.4 Å². The highest BCUT2D eigenvalue weighted by Crippen LogP contribution is 2.26. The molecule has 4 rings (SSSR count). The van der Waals surface area contributed by atoms with Crippen molar-refractivity contribution in [2.75, 3.05) is 11.2 Å². The van der Waals surface area contributed by atoms with Gasteiger partial charge in [-0.15, -0.1) is 10.2 Å². The van der Waals surface area contributed by atoms with Gasteiger partial charge in [-0.2, -0.15) is 9.77 Å². The molecule has 0 aliphatic heterocycles. The van der Waals surface area contributed by atoms with Gasteiger partial charge in [-0.05, 0) is 22.9 Å². The third-order valence-corrected chi connectivity index (χ3v) is 4.35. The maximum Gasteiger partial charge on any atom is 0.362 e. The lowest BCUT2D eigenvalue weighted by atomic mass is 10.1. The summed E-state index contributed by atoms with van der Waals surface area (Å²) in [6, 6.07) is 13.8. The van der Waals surface area contributed by atoms with Crippen molar-refractivity contribution in [3.05, 3.63) is 59.3 Å². The third-order valence-electron chi connectivity index (χ3n) is 3.53. The first-order valence-electron chi connectivity index (χ1n) is 7.56. The molecule has 4 aromatic rings. The second-order valence-corrected chi connectivity index (χ2v) is 6.22. The molecule has 1 amide bonds. The SMILES string of the molecule is O=C(CSc1nnc(-c2ccc3ccccc3c2)o1)Nn1cn[nH]c1=O. The molecule has 0 atom stereocenters. The molecule has 10 heteroatoms. The Balaban J connectivity index is 1.43. The smallest absolute Gasteiger partial charge is 0.362 e. The molecule has 2 aromatic heterocycles. The maximum atomic E-state index is 11.8. The Bertz CT molecular complexity index is 1130. The Hall–Kier alpha value is -3.40. The van der Waals surface area contributed by atoms with Crippen LogP contribution in [0.15, 0.2) is 63.2 Å². The first kappa shape index (κ1) is 16.1. The number of aromatic amines is 1. The van der Waals surface area contributed by atoms with Gasteiger partial charge in [0.05, 0.1) is 5.75 Å². The number of hydrogen-bond acceptors (Lipinski definition) is 7. The summed E-state index contributed by atoms with van der Waals surface area (Å²) in [5.41, 5.74) is 2.66. The number of fused-ring (bicyclic) bond motifs is 1. The number of carbonyl (C=O) groups is 1. The highest BCUT2D eigenvalue weighted by atomic mass is 32.2. The van der Waals surface area contributed by atoms with Crippen LogP contribution in [0.5, 0.6) is 0 Å². The molecule has 0 saturated heterocycles. The summed E-state index contributed by atoms with van der Waals surface area (Å²) in [6.07, 6.45) is 1.18. The van der Waals surface area contributed by atoms with E-state index in [9.17, 15) is 9.59 Å². The maximum absolute atomic E-state index is 11.8. The summed E-state index contributed by atoms with van der Waals surface area (Å²) in [5, 5.41) is 16.1. The van der Waals surface area contributed by atoms with Crippen molar-refractivity contribution in [2.45, 2.75) is 5.22 Å². The van der Waals surface area contributed by atoms with Crippen LogP contribution in [-0.2, 0) is 4.79 Å². The summed E-state index contributed by atoms with van der Waals surface area (Å²) >= 11 is 1.08. The largest absolute Gasteiger partial charge is 0.411 e. The van der Waals surface area contributed by atoms with E-state index in [2.05, 4.69) is 25.8 Å². The lowest BCUT2D eigenvalue weighted by Crippen LogP contribution is -2.31. The lowest BCUT2D eigenvalue weighted by molar-refractivity contribution is -0.114. The molecular formula is C16H12N6O3S. The van der Waals surface area contributed by atoms with Crippen LogP contribution < -0.4 is 11.1 Å². The fraction of sp³-hybridized carbons (Fsp3) is 0.0625. The highest BCUT2D eigenvalue weighted by Gasteiger charge is 2.12. The first-order valence-corrected chi connectivity index (χ1v) is 8.55. The van der Waals surface area contributed by atoms with Crippen LogP contribution in [0.3, 0.4) is 0 Å². The van der Waals surface area contributed by atoms with Crippen molar-refractivity contribution < 1.29 is 9.21 Å². The van der Waals surface area contributed by atoms with E-state index in [-0.39, 0.29) is 11.0 Å². The van der Waals surface area contributed by atoms with Crippen LogP contribution in [0.1, 0.15) is 0 Å². The molecule has 0 bridgehead atoms. The minimum atomic E-state index is -0.528. The minimum Gasteiger partial charge on any atom is -0.411 e. The van der Waals surface area contributed by atoms with Gasteiger partial charge in [0.25, 0.3) is 5.22 Å². The molecule has 130 valence electrons. The standard InChI is InChI=1S/C16H12N6O3S/c23-13(21-22-9-17-19-15(22)24)8-26-16-20-18-14(25-16)12-6-5-10-3-1-2-4-11(10)7-12/h1-7,9H,8H2,(H,19,24)(H,21,23). The lowest BCUT2D eigenvalue weighted by Gasteiger charge is -2.01. The summed E-state index contributed by atoms with van der Waals surface area (Å²) in [4.78, 5) is 23.1. The molecule has 0 unspecified atom stereocenters. The number of carbonyl (C=O) groups excluding carboxylic acids is 1. The number of aromatic nitrogens is 5. The summed E-state index contributed by atoms with van der Waals surface area (Å²) in [5.74, 6) is -0.00886. The van der Waals surface area contributed by atoms with Crippen molar-refractivity contribution in [3.8, 4) is 11.5 Å². The van der Waals surface area contributed by atoms with Crippen molar-refractivity contribution in [1.29, 1.82) is 0 Å². The fourth-order valence-corrected chi connectivity index (χ4v) is 2.88. The number of benzene rings is 2. The monoisotopic (exact) mass is 368 g/mol. The fourth-order valence-electron chi connectivity index (χ4n) is 2.33. The second-order valence-electron chi connectivity index (χ2n) is 5.29. The zero-order valence-corrected chi connectivity index (χ0v) is 14.1. The molecule has 9 nitrogen and oxygen atoms in total. The van der Waals surface area contributed by atoms with E-state index < -0.39 is 11.6 Å². The normalized spacial score (nSPS) is 10.9. The number of nitrogens with one attached hydrogen (secondary N) is 2. The van der Waals surface area contributed by atoms with Gasteiger partial charge in [-0.1, -0.05) is 42.1 Å². The average molecular weight is 368 g/mol. The van der Waals surface area contributed by atoms with Crippen LogP contribution >= 0.6 is 11.8 Å². The quantitative estimate of drug-likeness (QED) is 0.514. The molecule has 0 radical (unpaired) electrons. The number of amides is 1. The van der Waals surface area contributed by atoms with Crippen LogP contribution in [0, 0.1) is 0 Å². The highest BCUT2D eigenvalue weighted by molar-refractivity contribution is 7.99. The van der Waals surface area contributed by atoms with Gasteiger partial charge >= 0.3 is 5.69 Å². The van der Waals surface area contributed by atoms with Crippen LogP contribution in [0.4, 0.5) is 0 Å². The van der Waals surface area contributed by atoms with Gasteiger partial charge in [-0.3, -0.25) is 10.2 Å². The molecule has 0 aliphatic rings. The summed E-state index contributed by atoms with van der Waals surface area (Å²) in [7, 11) is 0. The number of rotatable bonds is 5. The summed E-state index contributed by atoms with van der Waals surface area (Å²) < 4.78 is 6.56. The Morgan fingerprint density at radius 1 is 1.19 bits per heavy atom. The molecular weight excluding hydrogens is 356 g/mol. The van der Waals surface area contributed by atoms with Gasteiger partial charge in [0.2, 0.25) is 11.8 Å². The predicted molar refractivity (Wildman–Crippen MR) is 95.2 cm³/mol. The third kappa shape index (κ3) is 3.35. The summed E-state index contributed by atoms with van der Waals surface area (Å²) in [6.45, 7) is 0. The van der Waals surface area contributed by atoms with E-state index >= 15 is 0 Å². The Morgan fingerprint density at radius 2 is 2.04 bits per heavy atom. The first-order chi connectivity index (χ1) is 12.7. The Labute approximate surface area is 150 Å². The second kappa shape index (κ2) is 6.84. The van der Waals surface area contributed by atoms with Gasteiger partial charge in [-0.25, -0.2) is 9.89 Å². The van der Waals surface area contributed by atoms with Crippen LogP contribution in [0.25, 0.3) is 22.2 Å². The zero-order chi connectivity index (χ0) is 17.9. The van der Waals surface area contributed by atoms with E-state index in [0.29, 0.717) is 5.89 Å². The van der Waals surface area contributed by atoms with E-state index in [1.807, 2.05) is 42.5 Å².